The topological polar surface area (TPSA) is 119 Å². The molecule has 0 radical (unpaired) electrons. The van der Waals surface area contributed by atoms with Crippen molar-refractivity contribution in [3.05, 3.63) is 48.6 Å². The van der Waals surface area contributed by atoms with Crippen molar-refractivity contribution in [2.45, 2.75) is 24.9 Å². The van der Waals surface area contributed by atoms with Gasteiger partial charge in [0.15, 0.2) is 5.65 Å². The largest absolute Gasteiger partial charge is 0.383 e. The molecule has 3 N–H and O–H groups in total. The Bertz CT molecular complexity index is 1270. The zero-order chi connectivity index (χ0) is 22.6. The van der Waals surface area contributed by atoms with Crippen molar-refractivity contribution in [2.75, 3.05) is 19.3 Å². The number of amides is 2. The summed E-state index contributed by atoms with van der Waals surface area (Å²) in [5.74, 6) is -0.545. The Morgan fingerprint density at radius 1 is 1.28 bits per heavy atom. The van der Waals surface area contributed by atoms with Gasteiger partial charge in [-0.25, -0.2) is 19.0 Å². The van der Waals surface area contributed by atoms with Crippen LogP contribution in [0.25, 0.3) is 22.3 Å². The number of carbonyl (C=O) groups is 2. The van der Waals surface area contributed by atoms with Crippen molar-refractivity contribution in [1.29, 1.82) is 0 Å². The average Bonchev–Trinajstić information content (AvgIpc) is 3.51. The smallest absolute Gasteiger partial charge is 0.251 e. The van der Waals surface area contributed by atoms with Gasteiger partial charge in [-0.3, -0.25) is 9.59 Å². The molecule has 10 heteroatoms. The van der Waals surface area contributed by atoms with Crippen LogP contribution >= 0.6 is 0 Å². The molecule has 1 saturated carbocycles. The number of nitrogens with zero attached hydrogens (tertiary/aromatic N) is 5. The van der Waals surface area contributed by atoms with E-state index in [-0.39, 0.29) is 40.8 Å². The van der Waals surface area contributed by atoms with Crippen LogP contribution in [-0.2, 0) is 4.79 Å². The van der Waals surface area contributed by atoms with Crippen LogP contribution in [0.3, 0.4) is 0 Å². The lowest BCUT2D eigenvalue weighted by Gasteiger charge is -2.32. The molecular formula is C22H22FN7O2. The van der Waals surface area contributed by atoms with Gasteiger partial charge in [0, 0.05) is 24.7 Å². The van der Waals surface area contributed by atoms with Gasteiger partial charge in [-0.1, -0.05) is 6.58 Å². The molecule has 0 unspecified atom stereocenters. The van der Waals surface area contributed by atoms with Crippen molar-refractivity contribution < 1.29 is 14.0 Å². The number of fused-ring (bicyclic) bond motifs is 3. The summed E-state index contributed by atoms with van der Waals surface area (Å²) in [5.41, 5.74) is 7.36. The van der Waals surface area contributed by atoms with E-state index in [1.165, 1.54) is 37.7 Å². The number of nitrogens with two attached hydrogens (primary N) is 1. The molecule has 2 aliphatic rings. The molecule has 2 bridgehead atoms. The molecule has 3 atom stereocenters. The van der Waals surface area contributed by atoms with Crippen LogP contribution in [0, 0.1) is 11.7 Å². The van der Waals surface area contributed by atoms with Crippen LogP contribution in [0.5, 0.6) is 0 Å². The van der Waals surface area contributed by atoms with Crippen LogP contribution in [0.2, 0.25) is 0 Å². The van der Waals surface area contributed by atoms with Crippen molar-refractivity contribution in [3.63, 3.8) is 0 Å². The summed E-state index contributed by atoms with van der Waals surface area (Å²) in [5, 5.41) is 7.65. The predicted molar refractivity (Wildman–Crippen MR) is 116 cm³/mol. The van der Waals surface area contributed by atoms with Gasteiger partial charge in [-0.15, -0.1) is 0 Å². The van der Waals surface area contributed by atoms with Crippen LogP contribution in [0.4, 0.5) is 10.2 Å². The number of rotatable bonds is 4. The first kappa shape index (κ1) is 20.1. The Hall–Kier alpha value is -3.82. The Morgan fingerprint density at radius 3 is 2.75 bits per heavy atom. The van der Waals surface area contributed by atoms with Crippen molar-refractivity contribution in [3.8, 4) is 11.3 Å². The Morgan fingerprint density at radius 2 is 2.06 bits per heavy atom. The average molecular weight is 435 g/mol. The van der Waals surface area contributed by atoms with Gasteiger partial charge in [-0.05, 0) is 43.0 Å². The first-order chi connectivity index (χ1) is 15.4. The highest BCUT2D eigenvalue weighted by atomic mass is 19.1. The maximum absolute atomic E-state index is 15.1. The lowest BCUT2D eigenvalue weighted by molar-refractivity contribution is -0.128. The summed E-state index contributed by atoms with van der Waals surface area (Å²) >= 11 is 0. The second-order valence-corrected chi connectivity index (χ2v) is 8.19. The molecule has 3 heterocycles. The molecule has 2 aromatic heterocycles. The number of hydrogen-bond donors (Lipinski definition) is 2. The van der Waals surface area contributed by atoms with E-state index < -0.39 is 5.82 Å². The Kier molecular flexibility index (Phi) is 4.65. The maximum Gasteiger partial charge on any atom is 0.251 e. The first-order valence-electron chi connectivity index (χ1n) is 10.4. The molecule has 164 valence electrons. The minimum absolute atomic E-state index is 0.0434. The molecule has 1 aliphatic carbocycles. The molecule has 9 nitrogen and oxygen atoms in total. The molecule has 2 fully saturated rings. The van der Waals surface area contributed by atoms with E-state index in [9.17, 15) is 9.59 Å². The number of hydrogen-bond acceptors (Lipinski definition) is 6. The summed E-state index contributed by atoms with van der Waals surface area (Å²) in [6.45, 7) is 4.31. The van der Waals surface area contributed by atoms with E-state index in [4.69, 9.17) is 10.8 Å². The molecule has 0 spiro atoms. The van der Waals surface area contributed by atoms with Gasteiger partial charge in [0.1, 0.15) is 23.7 Å². The van der Waals surface area contributed by atoms with E-state index in [1.54, 1.807) is 4.68 Å². The molecule has 1 aromatic carbocycles. The third kappa shape index (κ3) is 2.94. The van der Waals surface area contributed by atoms with Gasteiger partial charge in [0.05, 0.1) is 17.5 Å². The number of nitrogen functional groups attached to an aromatic ring is 1. The lowest BCUT2D eigenvalue weighted by atomic mass is 10.1. The van der Waals surface area contributed by atoms with E-state index in [1.807, 2.05) is 4.90 Å². The summed E-state index contributed by atoms with van der Waals surface area (Å²) in [6.07, 6.45) is 4.39. The van der Waals surface area contributed by atoms with Gasteiger partial charge in [-0.2, -0.15) is 5.10 Å². The van der Waals surface area contributed by atoms with Crippen LogP contribution < -0.4 is 11.1 Å². The standard InChI is InChI=1S/C22H22FN7O2/c1-3-17(31)29-9-11-6-15(29)16(7-11)30-21-18(20(24)26-10-27-21)19(28-30)13-5-4-12(8-14(13)23)22(32)25-2/h3-5,8,10-11,15-16H,1,6-7,9H2,2H3,(H,25,32)(H2,24,26,27)/t11-,15-,16-/m1/s1. The highest BCUT2D eigenvalue weighted by molar-refractivity contribution is 5.99. The molecule has 32 heavy (non-hydrogen) atoms. The predicted octanol–water partition coefficient (Wildman–Crippen LogP) is 1.92. The molecule has 2 amide bonds. The Labute approximate surface area is 183 Å². The highest BCUT2D eigenvalue weighted by Crippen LogP contribution is 2.46. The Balaban J connectivity index is 1.64. The van der Waals surface area contributed by atoms with Crippen LogP contribution in [0.1, 0.15) is 29.2 Å². The second kappa shape index (κ2) is 7.40. The highest BCUT2D eigenvalue weighted by Gasteiger charge is 2.48. The van der Waals surface area contributed by atoms with Gasteiger partial charge >= 0.3 is 0 Å². The fraction of sp³-hybridized carbons (Fsp3) is 0.318. The fourth-order valence-corrected chi connectivity index (χ4v) is 5.03. The SMILES string of the molecule is C=CC(=O)N1C[C@@H]2C[C@@H]1[C@H](n1nc(-c3ccc(C(=O)NC)cc3F)c3c(N)ncnc31)C2. The lowest BCUT2D eigenvalue weighted by Crippen LogP contribution is -2.42. The summed E-state index contributed by atoms with van der Waals surface area (Å²) < 4.78 is 16.8. The number of nitrogens with one attached hydrogen (secondary N) is 1. The van der Waals surface area contributed by atoms with Crippen molar-refractivity contribution in [2.24, 2.45) is 5.92 Å². The fourth-order valence-electron chi connectivity index (χ4n) is 5.03. The number of benzene rings is 1. The molecule has 5 rings (SSSR count). The van der Waals surface area contributed by atoms with Crippen LogP contribution in [0.15, 0.2) is 37.2 Å². The van der Waals surface area contributed by atoms with Crippen molar-refractivity contribution >= 4 is 28.7 Å². The van der Waals surface area contributed by atoms with Crippen molar-refractivity contribution in [1.82, 2.24) is 30.0 Å². The third-order valence-electron chi connectivity index (χ3n) is 6.45. The van der Waals surface area contributed by atoms with E-state index in [0.29, 0.717) is 29.2 Å². The zero-order valence-corrected chi connectivity index (χ0v) is 17.5. The number of piperidine rings is 1. The number of anilines is 1. The number of aromatic nitrogens is 4. The van der Waals surface area contributed by atoms with E-state index in [0.717, 1.165) is 12.8 Å². The molecule has 3 aromatic rings. The number of halogens is 1. The normalized spacial score (nSPS) is 21.8. The maximum atomic E-state index is 15.1. The molecule has 1 aliphatic heterocycles. The van der Waals surface area contributed by atoms with E-state index in [2.05, 4.69) is 21.9 Å². The summed E-state index contributed by atoms with van der Waals surface area (Å²) in [7, 11) is 1.48. The van der Waals surface area contributed by atoms with Gasteiger partial charge in [0.2, 0.25) is 5.91 Å². The quantitative estimate of drug-likeness (QED) is 0.605. The van der Waals surface area contributed by atoms with E-state index >= 15 is 4.39 Å². The van der Waals surface area contributed by atoms with Crippen LogP contribution in [-0.4, -0.2) is 56.1 Å². The summed E-state index contributed by atoms with van der Waals surface area (Å²) in [4.78, 5) is 34.5. The third-order valence-corrected chi connectivity index (χ3v) is 6.45. The number of carbonyl (C=O) groups excluding carboxylic acids is 2. The van der Waals surface area contributed by atoms with Gasteiger partial charge < -0.3 is 16.0 Å². The second-order valence-electron chi connectivity index (χ2n) is 8.19. The molecule has 1 saturated heterocycles. The minimum Gasteiger partial charge on any atom is -0.383 e. The molecular weight excluding hydrogens is 413 g/mol. The van der Waals surface area contributed by atoms with Gasteiger partial charge in [0.25, 0.3) is 5.91 Å². The minimum atomic E-state index is -0.600. The summed E-state index contributed by atoms with van der Waals surface area (Å²) in [6, 6.07) is 4.05. The monoisotopic (exact) mass is 435 g/mol. The number of likely N-dealkylation sites (tertiary alicyclic amines) is 1. The first-order valence-corrected chi connectivity index (χ1v) is 10.4. The zero-order valence-electron chi connectivity index (χ0n) is 17.5.